The molecule has 10 heteroatoms. The first-order chi connectivity index (χ1) is 13.8. The van der Waals surface area contributed by atoms with Crippen LogP contribution in [0.2, 0.25) is 10.2 Å². The molecule has 3 rings (SSSR count). The SMILES string of the molecule is C[C@H](Sc1ccc(Cl)cc1)C(=O)N/N=C\c1cc2cc([N+](=O)[O-])ccc2nc1Cl. The molecule has 0 saturated heterocycles. The fraction of sp³-hybridized carbons (Fsp3) is 0.105. The monoisotopic (exact) mass is 448 g/mol. The average Bonchev–Trinajstić information content (AvgIpc) is 2.69. The van der Waals surface area contributed by atoms with Gasteiger partial charge in [-0.15, -0.1) is 11.8 Å². The number of pyridine rings is 1. The fourth-order valence-electron chi connectivity index (χ4n) is 2.39. The van der Waals surface area contributed by atoms with Gasteiger partial charge in [0.25, 0.3) is 11.6 Å². The molecule has 1 atom stereocenters. The van der Waals surface area contributed by atoms with Gasteiger partial charge in [-0.05, 0) is 43.3 Å². The van der Waals surface area contributed by atoms with Crippen LogP contribution in [-0.2, 0) is 4.79 Å². The highest BCUT2D eigenvalue weighted by molar-refractivity contribution is 8.00. The molecule has 0 radical (unpaired) electrons. The zero-order chi connectivity index (χ0) is 21.0. The molecule has 1 amide bonds. The van der Waals surface area contributed by atoms with Crippen LogP contribution in [0.15, 0.2) is 58.5 Å². The summed E-state index contributed by atoms with van der Waals surface area (Å²) in [7, 11) is 0. The zero-order valence-electron chi connectivity index (χ0n) is 15.0. The molecule has 1 aromatic heterocycles. The first-order valence-corrected chi connectivity index (χ1v) is 9.97. The van der Waals surface area contributed by atoms with E-state index in [2.05, 4.69) is 15.5 Å². The van der Waals surface area contributed by atoms with Crippen molar-refractivity contribution in [3.8, 4) is 0 Å². The summed E-state index contributed by atoms with van der Waals surface area (Å²) < 4.78 is 0. The lowest BCUT2D eigenvalue weighted by Crippen LogP contribution is -2.26. The lowest BCUT2D eigenvalue weighted by Gasteiger charge is -2.09. The van der Waals surface area contributed by atoms with E-state index in [9.17, 15) is 14.9 Å². The van der Waals surface area contributed by atoms with Gasteiger partial charge in [-0.25, -0.2) is 10.4 Å². The second-order valence-corrected chi connectivity index (χ2v) is 8.16. The predicted octanol–water partition coefficient (Wildman–Crippen LogP) is 5.08. The van der Waals surface area contributed by atoms with Crippen molar-refractivity contribution < 1.29 is 9.72 Å². The molecule has 1 N–H and O–H groups in total. The Morgan fingerprint density at radius 1 is 1.24 bits per heavy atom. The minimum Gasteiger partial charge on any atom is -0.272 e. The number of halogens is 2. The number of hydrazone groups is 1. The summed E-state index contributed by atoms with van der Waals surface area (Å²) in [5.74, 6) is -0.290. The Hall–Kier alpha value is -2.68. The first-order valence-electron chi connectivity index (χ1n) is 8.33. The number of aromatic nitrogens is 1. The van der Waals surface area contributed by atoms with Crippen LogP contribution in [0.4, 0.5) is 5.69 Å². The van der Waals surface area contributed by atoms with Gasteiger partial charge in [0.15, 0.2) is 0 Å². The predicted molar refractivity (Wildman–Crippen MR) is 116 cm³/mol. The lowest BCUT2D eigenvalue weighted by atomic mass is 10.1. The van der Waals surface area contributed by atoms with Gasteiger partial charge >= 0.3 is 0 Å². The van der Waals surface area contributed by atoms with Crippen molar-refractivity contribution in [2.45, 2.75) is 17.1 Å². The van der Waals surface area contributed by atoms with Crippen molar-refractivity contribution in [1.29, 1.82) is 0 Å². The minimum atomic E-state index is -0.484. The minimum absolute atomic E-state index is 0.0501. The molecule has 7 nitrogen and oxygen atoms in total. The van der Waals surface area contributed by atoms with E-state index in [1.807, 2.05) is 12.1 Å². The number of fused-ring (bicyclic) bond motifs is 1. The molecule has 29 heavy (non-hydrogen) atoms. The highest BCUT2D eigenvalue weighted by Gasteiger charge is 2.14. The second-order valence-electron chi connectivity index (χ2n) is 5.95. The van der Waals surface area contributed by atoms with Gasteiger partial charge < -0.3 is 0 Å². The third-order valence-electron chi connectivity index (χ3n) is 3.86. The summed E-state index contributed by atoms with van der Waals surface area (Å²) in [6, 6.07) is 13.1. The Morgan fingerprint density at radius 3 is 2.66 bits per heavy atom. The van der Waals surface area contributed by atoms with Crippen molar-refractivity contribution in [2.75, 3.05) is 0 Å². The smallest absolute Gasteiger partial charge is 0.270 e. The highest BCUT2D eigenvalue weighted by atomic mass is 35.5. The number of hydrogen-bond acceptors (Lipinski definition) is 6. The van der Waals surface area contributed by atoms with Gasteiger partial charge in [-0.3, -0.25) is 14.9 Å². The van der Waals surface area contributed by atoms with E-state index in [1.165, 1.54) is 36.2 Å². The van der Waals surface area contributed by atoms with Crippen LogP contribution in [0, 0.1) is 10.1 Å². The van der Waals surface area contributed by atoms with E-state index in [4.69, 9.17) is 23.2 Å². The van der Waals surface area contributed by atoms with Crippen molar-refractivity contribution >= 4 is 63.7 Å². The molecule has 0 saturated carbocycles. The molecule has 0 bridgehead atoms. The van der Waals surface area contributed by atoms with E-state index >= 15 is 0 Å². The van der Waals surface area contributed by atoms with Crippen molar-refractivity contribution in [2.24, 2.45) is 5.10 Å². The first kappa shape index (κ1) is 21.0. The van der Waals surface area contributed by atoms with Crippen LogP contribution >= 0.6 is 35.0 Å². The van der Waals surface area contributed by atoms with Gasteiger partial charge in [0.1, 0.15) is 5.15 Å². The number of rotatable bonds is 6. The van der Waals surface area contributed by atoms with Gasteiger partial charge in [-0.2, -0.15) is 5.10 Å². The largest absolute Gasteiger partial charge is 0.272 e. The summed E-state index contributed by atoms with van der Waals surface area (Å²) in [4.78, 5) is 27.8. The number of non-ortho nitro benzene ring substituents is 1. The Morgan fingerprint density at radius 2 is 1.97 bits per heavy atom. The number of carbonyl (C=O) groups is 1. The number of hydrogen-bond donors (Lipinski definition) is 1. The fourth-order valence-corrected chi connectivity index (χ4v) is 3.57. The molecule has 0 unspecified atom stereocenters. The Kier molecular flexibility index (Phi) is 6.68. The van der Waals surface area contributed by atoms with Gasteiger partial charge in [-0.1, -0.05) is 23.2 Å². The number of thioether (sulfide) groups is 1. The Labute approximate surface area is 180 Å². The number of nitrogens with one attached hydrogen (secondary N) is 1. The topological polar surface area (TPSA) is 97.5 Å². The molecule has 2 aromatic carbocycles. The van der Waals surface area contributed by atoms with Crippen LogP contribution in [0.3, 0.4) is 0 Å². The van der Waals surface area contributed by atoms with Crippen LogP contribution in [-0.4, -0.2) is 27.3 Å². The average molecular weight is 449 g/mol. The van der Waals surface area contributed by atoms with Crippen LogP contribution in [0.25, 0.3) is 10.9 Å². The number of nitro benzene ring substituents is 1. The molecule has 0 aliphatic heterocycles. The van der Waals surface area contributed by atoms with E-state index in [0.29, 0.717) is 21.5 Å². The number of carbonyl (C=O) groups excluding carboxylic acids is 1. The summed E-state index contributed by atoms with van der Waals surface area (Å²) in [5, 5.41) is 15.8. The third kappa shape index (κ3) is 5.44. The number of benzene rings is 2. The summed E-state index contributed by atoms with van der Waals surface area (Å²) in [6.07, 6.45) is 1.35. The number of amides is 1. The molecule has 0 aliphatic carbocycles. The molecule has 148 valence electrons. The molecule has 0 fully saturated rings. The Bertz CT molecular complexity index is 1110. The summed E-state index contributed by atoms with van der Waals surface area (Å²) in [6.45, 7) is 1.76. The van der Waals surface area contributed by atoms with Crippen LogP contribution in [0.5, 0.6) is 0 Å². The lowest BCUT2D eigenvalue weighted by molar-refractivity contribution is -0.384. The van der Waals surface area contributed by atoms with Gasteiger partial charge in [0.05, 0.1) is 21.9 Å². The van der Waals surface area contributed by atoms with Crippen LogP contribution < -0.4 is 5.43 Å². The molecular formula is C19H14Cl2N4O3S. The summed E-state index contributed by atoms with van der Waals surface area (Å²) >= 11 is 13.4. The maximum absolute atomic E-state index is 12.2. The quantitative estimate of drug-likeness (QED) is 0.186. The summed E-state index contributed by atoms with van der Waals surface area (Å²) in [5.41, 5.74) is 3.36. The van der Waals surface area contributed by atoms with Gasteiger partial charge in [0, 0.05) is 33.0 Å². The molecular weight excluding hydrogens is 435 g/mol. The Balaban J connectivity index is 1.69. The van der Waals surface area contributed by atoms with Crippen molar-refractivity contribution in [3.63, 3.8) is 0 Å². The maximum atomic E-state index is 12.2. The van der Waals surface area contributed by atoms with E-state index in [0.717, 1.165) is 4.90 Å². The number of nitro groups is 1. The normalized spacial score (nSPS) is 12.2. The van der Waals surface area contributed by atoms with Crippen molar-refractivity contribution in [3.05, 3.63) is 74.4 Å². The van der Waals surface area contributed by atoms with Crippen LogP contribution in [0.1, 0.15) is 12.5 Å². The third-order valence-corrected chi connectivity index (χ3v) is 5.53. The second kappa shape index (κ2) is 9.21. The number of nitrogens with zero attached hydrogens (tertiary/aromatic N) is 3. The maximum Gasteiger partial charge on any atom is 0.270 e. The van der Waals surface area contributed by atoms with E-state index in [1.54, 1.807) is 25.1 Å². The standard InChI is InChI=1S/C19H14Cl2N4O3S/c1-11(29-16-5-2-14(20)3-6-16)19(26)24-22-10-13-8-12-9-15(25(27)28)4-7-17(12)23-18(13)21/h2-11H,1H3,(H,24,26)/b22-10-/t11-/m0/s1. The zero-order valence-corrected chi connectivity index (χ0v) is 17.3. The molecule has 0 spiro atoms. The van der Waals surface area contributed by atoms with E-state index < -0.39 is 4.92 Å². The molecule has 1 heterocycles. The van der Waals surface area contributed by atoms with Crippen molar-refractivity contribution in [1.82, 2.24) is 10.4 Å². The van der Waals surface area contributed by atoms with Gasteiger partial charge in [0.2, 0.25) is 0 Å². The molecule has 0 aliphatic rings. The van der Waals surface area contributed by atoms with E-state index in [-0.39, 0.29) is 22.0 Å². The highest BCUT2D eigenvalue weighted by Crippen LogP contribution is 2.25. The molecule has 3 aromatic rings.